The maximum Gasteiger partial charge on any atom is 0.317 e. The fraction of sp³-hybridized carbons (Fsp3) is 0.500. The van der Waals surface area contributed by atoms with Crippen molar-refractivity contribution in [3.63, 3.8) is 0 Å². The van der Waals surface area contributed by atoms with Crippen molar-refractivity contribution in [2.45, 2.75) is 24.9 Å². The molecule has 102 valence electrons. The maximum absolute atomic E-state index is 13.9. The first-order valence-corrected chi connectivity index (χ1v) is 5.66. The molecule has 1 saturated heterocycles. The highest BCUT2D eigenvalue weighted by atomic mass is 19.1. The van der Waals surface area contributed by atoms with Crippen LogP contribution in [0.2, 0.25) is 0 Å². The molecule has 2 aromatic heterocycles. The number of alkyl halides is 1. The summed E-state index contributed by atoms with van der Waals surface area (Å²) in [6, 6.07) is 0. The second-order valence-corrected chi connectivity index (χ2v) is 4.30. The molecule has 19 heavy (non-hydrogen) atoms. The summed E-state index contributed by atoms with van der Waals surface area (Å²) in [5.41, 5.74) is 0.122. The highest BCUT2D eigenvalue weighted by Crippen LogP contribution is 2.33. The van der Waals surface area contributed by atoms with E-state index >= 15 is 0 Å². The number of hydrogen-bond donors (Lipinski definition) is 2. The first-order chi connectivity index (χ1) is 9.11. The Labute approximate surface area is 106 Å². The van der Waals surface area contributed by atoms with Gasteiger partial charge >= 0.3 is 5.88 Å². The standard InChI is InChI=1S/C10H11FN4O4/c11-6-1-5(2-16)19-10(6)14-3-12-7-8(14)13-4-15(18)9(7)17/h3-6,10,16-17H,1-2H2/t5-,6+,10+/m0/s1. The number of rotatable bonds is 2. The van der Waals surface area contributed by atoms with Crippen LogP contribution in [0, 0.1) is 5.21 Å². The molecule has 0 saturated carbocycles. The van der Waals surface area contributed by atoms with E-state index in [1.54, 1.807) is 0 Å². The first kappa shape index (κ1) is 12.1. The Hall–Kier alpha value is -2.00. The number of aromatic hydroxyl groups is 1. The average Bonchev–Trinajstić information content (AvgIpc) is 2.97. The lowest BCUT2D eigenvalue weighted by atomic mass is 10.2. The van der Waals surface area contributed by atoms with Crippen LogP contribution in [0.25, 0.3) is 11.2 Å². The average molecular weight is 270 g/mol. The predicted molar refractivity (Wildman–Crippen MR) is 58.7 cm³/mol. The summed E-state index contributed by atoms with van der Waals surface area (Å²) >= 11 is 0. The number of imidazole rings is 1. The quantitative estimate of drug-likeness (QED) is 0.556. The smallest absolute Gasteiger partial charge is 0.317 e. The topological polar surface area (TPSA) is 107 Å². The number of ether oxygens (including phenoxy) is 1. The summed E-state index contributed by atoms with van der Waals surface area (Å²) in [6.45, 7) is -0.275. The third-order valence-electron chi connectivity index (χ3n) is 3.08. The van der Waals surface area contributed by atoms with Crippen molar-refractivity contribution < 1.29 is 24.1 Å². The summed E-state index contributed by atoms with van der Waals surface area (Å²) in [5, 5.41) is 29.7. The Bertz CT molecular complexity index is 619. The Morgan fingerprint density at radius 2 is 2.37 bits per heavy atom. The second kappa shape index (κ2) is 4.28. The van der Waals surface area contributed by atoms with Gasteiger partial charge in [-0.1, -0.05) is 0 Å². The van der Waals surface area contributed by atoms with Gasteiger partial charge in [0.1, 0.15) is 12.5 Å². The molecule has 0 aromatic carbocycles. The molecule has 2 aromatic rings. The molecule has 0 bridgehead atoms. The monoisotopic (exact) mass is 270 g/mol. The largest absolute Gasteiger partial charge is 0.708 e. The number of aliphatic hydroxyl groups excluding tert-OH is 1. The van der Waals surface area contributed by atoms with Crippen LogP contribution in [0.5, 0.6) is 5.88 Å². The third kappa shape index (κ3) is 1.78. The second-order valence-electron chi connectivity index (χ2n) is 4.30. The molecule has 3 atom stereocenters. The minimum atomic E-state index is -1.32. The van der Waals surface area contributed by atoms with E-state index in [-0.39, 0.29) is 28.9 Å². The Morgan fingerprint density at radius 1 is 1.58 bits per heavy atom. The van der Waals surface area contributed by atoms with Gasteiger partial charge in [-0.05, 0) is 4.98 Å². The van der Waals surface area contributed by atoms with E-state index in [4.69, 9.17) is 9.84 Å². The molecule has 9 heteroatoms. The predicted octanol–water partition coefficient (Wildman–Crippen LogP) is -0.612. The van der Waals surface area contributed by atoms with E-state index in [0.717, 1.165) is 6.33 Å². The van der Waals surface area contributed by atoms with E-state index in [0.29, 0.717) is 0 Å². The van der Waals surface area contributed by atoms with Gasteiger partial charge < -0.3 is 20.2 Å². The number of hydrogen-bond acceptors (Lipinski definition) is 6. The molecule has 0 radical (unpaired) electrons. The van der Waals surface area contributed by atoms with Gasteiger partial charge in [0.2, 0.25) is 5.52 Å². The molecule has 0 unspecified atom stereocenters. The van der Waals surface area contributed by atoms with Crippen LogP contribution in [0.15, 0.2) is 12.7 Å². The minimum Gasteiger partial charge on any atom is -0.708 e. The van der Waals surface area contributed by atoms with Gasteiger partial charge in [-0.2, -0.15) is 0 Å². The normalized spacial score (nSPS) is 27.2. The zero-order valence-corrected chi connectivity index (χ0v) is 9.68. The fourth-order valence-corrected chi connectivity index (χ4v) is 2.16. The highest BCUT2D eigenvalue weighted by Gasteiger charge is 2.38. The molecule has 8 nitrogen and oxygen atoms in total. The number of aromatic nitrogens is 4. The van der Waals surface area contributed by atoms with Gasteiger partial charge in [-0.3, -0.25) is 4.57 Å². The molecule has 0 aliphatic carbocycles. The molecule has 1 aliphatic rings. The number of fused-ring (bicyclic) bond motifs is 1. The van der Waals surface area contributed by atoms with E-state index in [1.807, 2.05) is 0 Å². The Kier molecular flexibility index (Phi) is 2.72. The summed E-state index contributed by atoms with van der Waals surface area (Å²) < 4.78 is 20.7. The van der Waals surface area contributed by atoms with Gasteiger partial charge in [0.15, 0.2) is 6.23 Å². The van der Waals surface area contributed by atoms with E-state index < -0.39 is 24.4 Å². The van der Waals surface area contributed by atoms with Crippen molar-refractivity contribution in [3.05, 3.63) is 17.9 Å². The van der Waals surface area contributed by atoms with Crippen LogP contribution >= 0.6 is 0 Å². The van der Waals surface area contributed by atoms with Crippen LogP contribution in [0.3, 0.4) is 0 Å². The van der Waals surface area contributed by atoms with Gasteiger partial charge in [0.05, 0.1) is 12.7 Å². The van der Waals surface area contributed by atoms with Crippen LogP contribution in [0.1, 0.15) is 12.6 Å². The number of halogens is 1. The molecular weight excluding hydrogens is 259 g/mol. The van der Waals surface area contributed by atoms with Gasteiger partial charge in [0.25, 0.3) is 12.0 Å². The highest BCUT2D eigenvalue weighted by molar-refractivity contribution is 5.74. The van der Waals surface area contributed by atoms with Crippen LogP contribution in [-0.2, 0) is 4.74 Å². The van der Waals surface area contributed by atoms with Crippen molar-refractivity contribution in [1.82, 2.24) is 14.5 Å². The van der Waals surface area contributed by atoms with Crippen molar-refractivity contribution >= 4 is 11.2 Å². The van der Waals surface area contributed by atoms with Crippen molar-refractivity contribution in [2.24, 2.45) is 0 Å². The van der Waals surface area contributed by atoms with Gasteiger partial charge in [-0.15, -0.1) is 0 Å². The summed E-state index contributed by atoms with van der Waals surface area (Å²) in [4.78, 5) is 7.64. The SMILES string of the molecule is [O-][n+]1cnc2c(ncn2[C@@H]2O[C@H](CO)C[C@H]2F)c1O. The lowest BCUT2D eigenvalue weighted by Crippen LogP contribution is -2.27. The van der Waals surface area contributed by atoms with Crippen molar-refractivity contribution in [2.75, 3.05) is 6.61 Å². The summed E-state index contributed by atoms with van der Waals surface area (Å²) in [6.07, 6.45) is -0.703. The van der Waals surface area contributed by atoms with E-state index in [9.17, 15) is 14.7 Å². The summed E-state index contributed by atoms with van der Waals surface area (Å²) in [7, 11) is 0. The molecule has 1 fully saturated rings. The van der Waals surface area contributed by atoms with Crippen LogP contribution in [-0.4, -0.2) is 43.6 Å². The molecule has 1 aliphatic heterocycles. The number of nitrogens with zero attached hydrogens (tertiary/aromatic N) is 4. The lowest BCUT2D eigenvalue weighted by molar-refractivity contribution is -0.615. The van der Waals surface area contributed by atoms with Gasteiger partial charge in [0, 0.05) is 6.42 Å². The molecular formula is C10H11FN4O4. The minimum absolute atomic E-state index is 0.0271. The van der Waals surface area contributed by atoms with Gasteiger partial charge in [-0.25, -0.2) is 14.1 Å². The zero-order valence-electron chi connectivity index (χ0n) is 9.68. The first-order valence-electron chi connectivity index (χ1n) is 5.66. The molecule has 0 spiro atoms. The molecule has 0 amide bonds. The van der Waals surface area contributed by atoms with E-state index in [2.05, 4.69) is 9.97 Å². The van der Waals surface area contributed by atoms with Crippen LogP contribution in [0.4, 0.5) is 4.39 Å². The third-order valence-corrected chi connectivity index (χ3v) is 3.08. The maximum atomic E-state index is 13.9. The summed E-state index contributed by atoms with van der Waals surface area (Å²) in [5.74, 6) is -0.601. The molecule has 3 rings (SSSR count). The molecule has 2 N–H and O–H groups in total. The molecule has 3 heterocycles. The van der Waals surface area contributed by atoms with Crippen LogP contribution < -0.4 is 4.73 Å². The zero-order chi connectivity index (χ0) is 13.6. The fourth-order valence-electron chi connectivity index (χ4n) is 2.16. The van der Waals surface area contributed by atoms with E-state index in [1.165, 1.54) is 10.9 Å². The Morgan fingerprint density at radius 3 is 3.05 bits per heavy atom. The Balaban J connectivity index is 2.05. The van der Waals surface area contributed by atoms with Crippen molar-refractivity contribution in [3.8, 4) is 5.88 Å². The van der Waals surface area contributed by atoms with Crippen molar-refractivity contribution in [1.29, 1.82) is 0 Å². The number of aliphatic hydroxyl groups is 1. The lowest BCUT2D eigenvalue weighted by Gasteiger charge is -2.13.